The van der Waals surface area contributed by atoms with Crippen LogP contribution in [0.4, 0.5) is 10.2 Å². The molecule has 0 saturated heterocycles. The minimum absolute atomic E-state index is 0.224. The van der Waals surface area contributed by atoms with Crippen molar-refractivity contribution in [1.82, 2.24) is 9.55 Å². The molecule has 0 unspecified atom stereocenters. The molecule has 3 nitrogen and oxygen atoms in total. The number of halogens is 1. The Kier molecular flexibility index (Phi) is 2.98. The van der Waals surface area contributed by atoms with E-state index in [1.165, 1.54) is 6.07 Å². The number of anilines is 1. The van der Waals surface area contributed by atoms with Crippen LogP contribution in [0.1, 0.15) is 30.1 Å². The summed E-state index contributed by atoms with van der Waals surface area (Å²) in [7, 11) is 0. The Hall–Kier alpha value is -2.28. The lowest BCUT2D eigenvalue weighted by Gasteiger charge is -2.05. The van der Waals surface area contributed by atoms with Gasteiger partial charge in [-0.2, -0.15) is 0 Å². The smallest absolute Gasteiger partial charge is 0.132 e. The van der Waals surface area contributed by atoms with E-state index in [-0.39, 0.29) is 5.82 Å². The minimum atomic E-state index is -0.224. The number of rotatable bonds is 3. The molecule has 1 heterocycles. The summed E-state index contributed by atoms with van der Waals surface area (Å²) in [6.07, 6.45) is 7.66. The van der Waals surface area contributed by atoms with Gasteiger partial charge in [-0.25, -0.2) is 9.37 Å². The van der Waals surface area contributed by atoms with Crippen molar-refractivity contribution in [3.63, 3.8) is 0 Å². The maximum absolute atomic E-state index is 13.4. The third kappa shape index (κ3) is 2.05. The van der Waals surface area contributed by atoms with Crippen molar-refractivity contribution in [2.24, 2.45) is 0 Å². The van der Waals surface area contributed by atoms with Gasteiger partial charge in [0, 0.05) is 11.5 Å². The van der Waals surface area contributed by atoms with Crippen LogP contribution in [-0.4, -0.2) is 9.55 Å². The Balaban J connectivity index is 2.11. The third-order valence-corrected chi connectivity index (χ3v) is 3.66. The lowest BCUT2D eigenvalue weighted by atomic mass is 10.1. The van der Waals surface area contributed by atoms with Crippen LogP contribution in [0, 0.1) is 25.1 Å². The first kappa shape index (κ1) is 12.7. The van der Waals surface area contributed by atoms with E-state index in [1.54, 1.807) is 19.1 Å². The van der Waals surface area contributed by atoms with Gasteiger partial charge in [-0.3, -0.25) is 0 Å². The van der Waals surface area contributed by atoms with E-state index >= 15 is 0 Å². The first-order chi connectivity index (χ1) is 9.61. The number of aromatic nitrogens is 2. The van der Waals surface area contributed by atoms with Crippen molar-refractivity contribution in [2.45, 2.75) is 32.2 Å². The molecule has 0 radical (unpaired) electrons. The summed E-state index contributed by atoms with van der Waals surface area (Å²) in [5, 5.41) is 0. The van der Waals surface area contributed by atoms with Gasteiger partial charge in [-0.15, -0.1) is 6.42 Å². The Bertz CT molecular complexity index is 705. The van der Waals surface area contributed by atoms with Crippen LogP contribution in [0.5, 0.6) is 0 Å². The van der Waals surface area contributed by atoms with Crippen LogP contribution in [0.2, 0.25) is 0 Å². The molecular formula is C16H16FN3. The summed E-state index contributed by atoms with van der Waals surface area (Å²) >= 11 is 0. The van der Waals surface area contributed by atoms with Crippen molar-refractivity contribution in [3.8, 4) is 23.6 Å². The van der Waals surface area contributed by atoms with Crippen LogP contribution < -0.4 is 5.73 Å². The monoisotopic (exact) mass is 269 g/mol. The quantitative estimate of drug-likeness (QED) is 0.870. The molecule has 0 bridgehead atoms. The molecule has 1 fully saturated rings. The Morgan fingerprint density at radius 3 is 2.85 bits per heavy atom. The number of nitrogens with zero attached hydrogens (tertiary/aromatic N) is 2. The molecule has 0 spiro atoms. The first-order valence-corrected chi connectivity index (χ1v) is 6.67. The number of benzene rings is 1. The van der Waals surface area contributed by atoms with Crippen molar-refractivity contribution >= 4 is 5.82 Å². The lowest BCUT2D eigenvalue weighted by molar-refractivity contribution is 0.619. The Morgan fingerprint density at radius 1 is 1.50 bits per heavy atom. The molecule has 1 aliphatic rings. The average Bonchev–Trinajstić information content (AvgIpc) is 3.21. The molecule has 0 atom stereocenters. The molecule has 102 valence electrons. The van der Waals surface area contributed by atoms with E-state index in [0.717, 1.165) is 24.2 Å². The van der Waals surface area contributed by atoms with Gasteiger partial charge in [-0.1, -0.05) is 5.92 Å². The van der Waals surface area contributed by atoms with Crippen molar-refractivity contribution < 1.29 is 4.39 Å². The predicted molar refractivity (Wildman–Crippen MR) is 77.6 cm³/mol. The number of terminal acetylenes is 1. The molecule has 0 amide bonds. The molecule has 4 heteroatoms. The number of hydrogen-bond donors (Lipinski definition) is 1. The van der Waals surface area contributed by atoms with Crippen LogP contribution in [0.25, 0.3) is 11.3 Å². The Labute approximate surface area is 117 Å². The van der Waals surface area contributed by atoms with Gasteiger partial charge in [0.25, 0.3) is 0 Å². The fourth-order valence-corrected chi connectivity index (χ4v) is 2.40. The van der Waals surface area contributed by atoms with E-state index in [9.17, 15) is 4.39 Å². The van der Waals surface area contributed by atoms with Crippen molar-refractivity contribution in [3.05, 3.63) is 35.4 Å². The highest BCUT2D eigenvalue weighted by Gasteiger charge is 2.30. The summed E-state index contributed by atoms with van der Waals surface area (Å²) < 4.78 is 15.3. The summed E-state index contributed by atoms with van der Waals surface area (Å²) in [4.78, 5) is 4.65. The second-order valence-electron chi connectivity index (χ2n) is 5.23. The average molecular weight is 269 g/mol. The highest BCUT2D eigenvalue weighted by molar-refractivity contribution is 5.72. The molecule has 0 aliphatic heterocycles. The summed E-state index contributed by atoms with van der Waals surface area (Å²) in [6.45, 7) is 2.15. The minimum Gasteiger partial charge on any atom is -0.383 e. The molecule has 1 saturated carbocycles. The van der Waals surface area contributed by atoms with E-state index in [1.807, 2.05) is 4.57 Å². The number of hydrogen-bond acceptors (Lipinski definition) is 2. The van der Waals surface area contributed by atoms with E-state index < -0.39 is 0 Å². The molecule has 1 aliphatic carbocycles. The second kappa shape index (κ2) is 4.68. The standard InChI is InChI=1S/C16H16FN3/c1-3-8-20-15(18)14(19-16(20)11-4-5-11)12-6-7-13(17)10(2)9-12/h1,6-7,9,11H,4-5,8,18H2,2H3. The zero-order valence-corrected chi connectivity index (χ0v) is 11.4. The van der Waals surface area contributed by atoms with Gasteiger partial charge in [0.05, 0.1) is 6.54 Å². The van der Waals surface area contributed by atoms with Crippen molar-refractivity contribution in [2.75, 3.05) is 5.73 Å². The number of nitrogens with two attached hydrogens (primary N) is 1. The van der Waals surface area contributed by atoms with Gasteiger partial charge in [0.15, 0.2) is 0 Å². The summed E-state index contributed by atoms with van der Waals surface area (Å²) in [5.74, 6) is 4.37. The molecule has 1 aromatic carbocycles. The summed E-state index contributed by atoms with van der Waals surface area (Å²) in [5.41, 5.74) is 8.30. The third-order valence-electron chi connectivity index (χ3n) is 3.66. The van der Waals surface area contributed by atoms with Crippen LogP contribution in [0.3, 0.4) is 0 Å². The van der Waals surface area contributed by atoms with Crippen LogP contribution in [0.15, 0.2) is 18.2 Å². The maximum Gasteiger partial charge on any atom is 0.132 e. The highest BCUT2D eigenvalue weighted by Crippen LogP contribution is 2.42. The van der Waals surface area contributed by atoms with Gasteiger partial charge in [0.2, 0.25) is 0 Å². The van der Waals surface area contributed by atoms with Gasteiger partial charge in [0.1, 0.15) is 23.2 Å². The van der Waals surface area contributed by atoms with E-state index in [4.69, 9.17) is 12.2 Å². The van der Waals surface area contributed by atoms with E-state index in [0.29, 0.717) is 29.5 Å². The number of imidazole rings is 1. The summed E-state index contributed by atoms with van der Waals surface area (Å²) in [6, 6.07) is 4.92. The van der Waals surface area contributed by atoms with Gasteiger partial charge >= 0.3 is 0 Å². The first-order valence-electron chi connectivity index (χ1n) is 6.67. The number of nitrogen functional groups attached to an aromatic ring is 1. The maximum atomic E-state index is 13.4. The van der Waals surface area contributed by atoms with Crippen molar-refractivity contribution in [1.29, 1.82) is 0 Å². The molecule has 2 N–H and O–H groups in total. The highest BCUT2D eigenvalue weighted by atomic mass is 19.1. The molecule has 20 heavy (non-hydrogen) atoms. The van der Waals surface area contributed by atoms with Gasteiger partial charge < -0.3 is 10.3 Å². The van der Waals surface area contributed by atoms with Gasteiger partial charge in [-0.05, 0) is 43.5 Å². The normalized spacial score (nSPS) is 14.2. The predicted octanol–water partition coefficient (Wildman–Crippen LogP) is 3.09. The SMILES string of the molecule is C#CCn1c(C2CC2)nc(-c2ccc(F)c(C)c2)c1N. The lowest BCUT2D eigenvalue weighted by Crippen LogP contribution is -2.05. The largest absolute Gasteiger partial charge is 0.383 e. The molecule has 1 aromatic heterocycles. The molecule has 2 aromatic rings. The fraction of sp³-hybridized carbons (Fsp3) is 0.312. The topological polar surface area (TPSA) is 43.8 Å². The molecule has 3 rings (SSSR count). The fourth-order valence-electron chi connectivity index (χ4n) is 2.40. The zero-order chi connectivity index (χ0) is 14.3. The van der Waals surface area contributed by atoms with Crippen LogP contribution in [-0.2, 0) is 6.54 Å². The van der Waals surface area contributed by atoms with Crippen LogP contribution >= 0.6 is 0 Å². The second-order valence-corrected chi connectivity index (χ2v) is 5.23. The Morgan fingerprint density at radius 2 is 2.25 bits per heavy atom. The van der Waals surface area contributed by atoms with E-state index in [2.05, 4.69) is 10.9 Å². The number of aryl methyl sites for hydroxylation is 1. The molecular weight excluding hydrogens is 253 g/mol. The zero-order valence-electron chi connectivity index (χ0n) is 11.4.